The molecule has 1 aromatic rings. The summed E-state index contributed by atoms with van der Waals surface area (Å²) in [5.41, 5.74) is 5.95. The lowest BCUT2D eigenvalue weighted by Gasteiger charge is -2.16. The van der Waals surface area contributed by atoms with Crippen LogP contribution in [0.25, 0.3) is 0 Å². The molecule has 0 aliphatic rings. The number of nitrogens with one attached hydrogen (secondary N) is 1. The van der Waals surface area contributed by atoms with E-state index in [-0.39, 0.29) is 12.5 Å². The van der Waals surface area contributed by atoms with Crippen molar-refractivity contribution in [2.45, 2.75) is 45.6 Å². The quantitative estimate of drug-likeness (QED) is 0.471. The lowest BCUT2D eigenvalue weighted by molar-refractivity contribution is -0.142. The third kappa shape index (κ3) is 9.60. The lowest BCUT2D eigenvalue weighted by Crippen LogP contribution is -2.47. The van der Waals surface area contributed by atoms with Crippen LogP contribution in [-0.4, -0.2) is 51.5 Å². The number of carbonyl (C=O) groups excluding carboxylic acids is 1. The van der Waals surface area contributed by atoms with Crippen LogP contribution in [-0.2, 0) is 20.9 Å². The van der Waals surface area contributed by atoms with Crippen molar-refractivity contribution in [3.05, 3.63) is 35.9 Å². The van der Waals surface area contributed by atoms with Gasteiger partial charge in [0, 0.05) is 0 Å². The van der Waals surface area contributed by atoms with Gasteiger partial charge in [0.2, 0.25) is 0 Å². The molecule has 0 saturated heterocycles. The van der Waals surface area contributed by atoms with Gasteiger partial charge in [0.15, 0.2) is 6.04 Å². The van der Waals surface area contributed by atoms with Gasteiger partial charge in [-0.25, -0.2) is 9.59 Å². The second-order valence-corrected chi connectivity index (χ2v) is 5.87. The van der Waals surface area contributed by atoms with Crippen LogP contribution in [0.4, 0.5) is 4.79 Å². The maximum atomic E-state index is 11.3. The smallest absolute Gasteiger partial charge is 0.408 e. The zero-order valence-electron chi connectivity index (χ0n) is 15.0. The molecule has 0 radical (unpaired) electrons. The van der Waals surface area contributed by atoms with Gasteiger partial charge < -0.3 is 31.1 Å². The number of aliphatic carboxylic acids is 2. The zero-order valence-corrected chi connectivity index (χ0v) is 15.0. The van der Waals surface area contributed by atoms with Crippen molar-refractivity contribution in [2.75, 3.05) is 0 Å². The molecular formula is C17H26N2O7. The molecule has 0 spiro atoms. The van der Waals surface area contributed by atoms with Crippen molar-refractivity contribution < 1.29 is 34.4 Å². The van der Waals surface area contributed by atoms with Crippen LogP contribution < -0.4 is 11.1 Å². The number of hydrogen-bond donors (Lipinski definition) is 5. The minimum absolute atomic E-state index is 0.0208. The highest BCUT2D eigenvalue weighted by Crippen LogP contribution is 2.01. The number of carboxylic acid groups (broad SMARTS) is 2. The molecule has 0 aromatic heterocycles. The van der Waals surface area contributed by atoms with E-state index in [1.54, 1.807) is 38.1 Å². The first-order chi connectivity index (χ1) is 12.1. The van der Waals surface area contributed by atoms with E-state index in [0.717, 1.165) is 5.56 Å². The molecule has 3 atom stereocenters. The number of aliphatic hydroxyl groups excluding tert-OH is 1. The average Bonchev–Trinajstić information content (AvgIpc) is 2.57. The Kier molecular flexibility index (Phi) is 10.6. The van der Waals surface area contributed by atoms with Crippen LogP contribution in [0.2, 0.25) is 0 Å². The van der Waals surface area contributed by atoms with Gasteiger partial charge in [-0.15, -0.1) is 0 Å². The van der Waals surface area contributed by atoms with Crippen LogP contribution in [0.15, 0.2) is 30.3 Å². The van der Waals surface area contributed by atoms with Gasteiger partial charge >= 0.3 is 18.0 Å². The van der Waals surface area contributed by atoms with E-state index in [0.29, 0.717) is 0 Å². The summed E-state index contributed by atoms with van der Waals surface area (Å²) in [7, 11) is 0. The van der Waals surface area contributed by atoms with Crippen molar-refractivity contribution in [3.8, 4) is 0 Å². The van der Waals surface area contributed by atoms with Gasteiger partial charge in [0.25, 0.3) is 0 Å². The van der Waals surface area contributed by atoms with Crippen LogP contribution in [0, 0.1) is 5.92 Å². The number of ether oxygens (including phenoxy) is 1. The van der Waals surface area contributed by atoms with Crippen molar-refractivity contribution >= 4 is 18.0 Å². The largest absolute Gasteiger partial charge is 0.480 e. The number of carbonyl (C=O) groups is 3. The Balaban J connectivity index is 0.000000660. The summed E-state index contributed by atoms with van der Waals surface area (Å²) < 4.78 is 4.83. The third-order valence-electron chi connectivity index (χ3n) is 3.24. The molecule has 9 heteroatoms. The minimum Gasteiger partial charge on any atom is -0.480 e. The summed E-state index contributed by atoms with van der Waals surface area (Å²) in [5.74, 6) is -2.23. The number of nitrogens with two attached hydrogens (primary N) is 1. The Morgan fingerprint density at radius 2 is 1.62 bits per heavy atom. The molecular weight excluding hydrogens is 344 g/mol. The van der Waals surface area contributed by atoms with Crippen molar-refractivity contribution in [3.63, 3.8) is 0 Å². The third-order valence-corrected chi connectivity index (χ3v) is 3.24. The minimum atomic E-state index is -1.38. The van der Waals surface area contributed by atoms with E-state index in [2.05, 4.69) is 5.32 Å². The molecule has 1 amide bonds. The van der Waals surface area contributed by atoms with E-state index in [1.807, 2.05) is 6.07 Å². The SMILES string of the molecule is CC(C)[C@H](N)C(=O)O.C[C@@H](O)[C@H](NC(=O)OCc1ccccc1)C(=O)O. The molecule has 26 heavy (non-hydrogen) atoms. The highest BCUT2D eigenvalue weighted by Gasteiger charge is 2.25. The van der Waals surface area contributed by atoms with Crippen LogP contribution >= 0.6 is 0 Å². The Morgan fingerprint density at radius 3 is 1.96 bits per heavy atom. The molecule has 9 nitrogen and oxygen atoms in total. The first-order valence-electron chi connectivity index (χ1n) is 7.92. The summed E-state index contributed by atoms with van der Waals surface area (Å²) in [6.45, 7) is 4.87. The zero-order chi connectivity index (χ0) is 20.3. The Hall–Kier alpha value is -2.65. The maximum absolute atomic E-state index is 11.3. The predicted octanol–water partition coefficient (Wildman–Crippen LogP) is 0.801. The van der Waals surface area contributed by atoms with Gasteiger partial charge in [-0.2, -0.15) is 0 Å². The molecule has 6 N–H and O–H groups in total. The second-order valence-electron chi connectivity index (χ2n) is 5.87. The monoisotopic (exact) mass is 370 g/mol. The van der Waals surface area contributed by atoms with Gasteiger partial charge in [0.05, 0.1) is 6.10 Å². The van der Waals surface area contributed by atoms with Crippen LogP contribution in [0.5, 0.6) is 0 Å². The molecule has 0 bridgehead atoms. The summed E-state index contributed by atoms with van der Waals surface area (Å²) >= 11 is 0. The molecule has 146 valence electrons. The molecule has 0 saturated carbocycles. The number of alkyl carbamates (subject to hydrolysis) is 1. The molecule has 1 rings (SSSR count). The maximum Gasteiger partial charge on any atom is 0.408 e. The van der Waals surface area contributed by atoms with Gasteiger partial charge in [0.1, 0.15) is 12.6 Å². The topological polar surface area (TPSA) is 159 Å². The lowest BCUT2D eigenvalue weighted by atomic mass is 10.1. The standard InChI is InChI=1S/C12H15NO5.C5H11NO2/c1-8(14)10(11(15)16)13-12(17)18-7-9-5-3-2-4-6-9;1-3(2)4(6)5(7)8/h2-6,8,10,14H,7H2,1H3,(H,13,17)(H,15,16);3-4H,6H2,1-2H3,(H,7,8)/t8-,10+;4-/m10/s1. The van der Waals surface area contributed by atoms with E-state index < -0.39 is 36.2 Å². The normalized spacial score (nSPS) is 13.6. The number of benzene rings is 1. The molecule has 0 heterocycles. The van der Waals surface area contributed by atoms with Gasteiger partial charge in [-0.1, -0.05) is 44.2 Å². The summed E-state index contributed by atoms with van der Waals surface area (Å²) in [6.07, 6.45) is -2.08. The number of rotatable bonds is 7. The van der Waals surface area contributed by atoms with Crippen molar-refractivity contribution in [1.29, 1.82) is 0 Å². The number of hydrogen-bond acceptors (Lipinski definition) is 6. The summed E-state index contributed by atoms with van der Waals surface area (Å²) in [5, 5.41) is 28.2. The van der Waals surface area contributed by atoms with Crippen LogP contribution in [0.3, 0.4) is 0 Å². The predicted molar refractivity (Wildman–Crippen MR) is 93.3 cm³/mol. The molecule has 0 fully saturated rings. The highest BCUT2D eigenvalue weighted by molar-refractivity contribution is 5.80. The summed E-state index contributed by atoms with van der Waals surface area (Å²) in [6, 6.07) is 6.88. The molecule has 0 aliphatic heterocycles. The molecule has 1 aromatic carbocycles. The Morgan fingerprint density at radius 1 is 1.08 bits per heavy atom. The second kappa shape index (κ2) is 11.8. The summed E-state index contributed by atoms with van der Waals surface area (Å²) in [4.78, 5) is 32.1. The fourth-order valence-electron chi connectivity index (χ4n) is 1.57. The Labute approximate surface area is 151 Å². The van der Waals surface area contributed by atoms with E-state index in [1.165, 1.54) is 6.92 Å². The fraction of sp³-hybridized carbons (Fsp3) is 0.471. The Bertz CT molecular complexity index is 576. The van der Waals surface area contributed by atoms with Gasteiger partial charge in [-0.05, 0) is 18.4 Å². The number of aliphatic hydroxyl groups is 1. The first kappa shape index (κ1) is 23.4. The van der Waals surface area contributed by atoms with E-state index in [4.69, 9.17) is 25.8 Å². The van der Waals surface area contributed by atoms with Crippen LogP contribution in [0.1, 0.15) is 26.3 Å². The number of carboxylic acids is 2. The van der Waals surface area contributed by atoms with E-state index >= 15 is 0 Å². The van der Waals surface area contributed by atoms with E-state index in [9.17, 15) is 14.4 Å². The van der Waals surface area contributed by atoms with Crippen molar-refractivity contribution in [2.24, 2.45) is 11.7 Å². The molecule has 0 aliphatic carbocycles. The average molecular weight is 370 g/mol. The highest BCUT2D eigenvalue weighted by atomic mass is 16.5. The fourth-order valence-corrected chi connectivity index (χ4v) is 1.57. The van der Waals surface area contributed by atoms with Gasteiger partial charge in [-0.3, -0.25) is 4.79 Å². The van der Waals surface area contributed by atoms with Crippen molar-refractivity contribution in [1.82, 2.24) is 5.32 Å². The first-order valence-corrected chi connectivity index (χ1v) is 7.92. The number of amides is 1. The molecule has 0 unspecified atom stereocenters.